The summed E-state index contributed by atoms with van der Waals surface area (Å²) in [6.45, 7) is 22.9. The quantitative estimate of drug-likeness (QED) is 0.242. The molecule has 38 heavy (non-hydrogen) atoms. The molecule has 0 aliphatic carbocycles. The average Bonchev–Trinajstić information content (AvgIpc) is 3.12. The Bertz CT molecular complexity index is 996. The molecular weight excluding hydrogens is 535 g/mol. The second-order valence-electron chi connectivity index (χ2n) is 13.8. The van der Waals surface area contributed by atoms with E-state index in [0.29, 0.717) is 18.6 Å². The average molecular weight is 589 g/mol. The molecule has 0 bridgehead atoms. The minimum Gasteiger partial charge on any atom is -0.414 e. The van der Waals surface area contributed by atoms with Crippen LogP contribution in [0, 0.1) is 0 Å². The standard InChI is InChI=1S/C26H53N4O5PSi2/c1-25(2,3)37(11,12)32-18-22-21(35-38(13,14)26(4,5)6)17-20(33-22)19-15-16-23(27)28-24(19)34-36(31,29(7)8)30(9)10/h15-16,20-22H,17-18H2,1-14H3,(H2,27,28)/t20-,21+,22-/m1/s1. The van der Waals surface area contributed by atoms with Crippen LogP contribution < -0.4 is 10.3 Å². The molecule has 0 spiro atoms. The van der Waals surface area contributed by atoms with Crippen molar-refractivity contribution in [3.8, 4) is 5.88 Å². The van der Waals surface area contributed by atoms with Crippen LogP contribution >= 0.6 is 7.67 Å². The van der Waals surface area contributed by atoms with Gasteiger partial charge in [0.2, 0.25) is 5.88 Å². The Labute approximate surface area is 233 Å². The minimum absolute atomic E-state index is 0.0526. The van der Waals surface area contributed by atoms with E-state index in [9.17, 15) is 4.57 Å². The molecule has 0 saturated carbocycles. The van der Waals surface area contributed by atoms with Gasteiger partial charge in [0.25, 0.3) is 0 Å². The summed E-state index contributed by atoms with van der Waals surface area (Å²) in [6, 6.07) is 3.59. The predicted molar refractivity (Wildman–Crippen MR) is 162 cm³/mol. The van der Waals surface area contributed by atoms with Gasteiger partial charge in [-0.1, -0.05) is 41.5 Å². The van der Waals surface area contributed by atoms with E-state index in [2.05, 4.69) is 72.7 Å². The molecule has 1 aliphatic rings. The van der Waals surface area contributed by atoms with Crippen LogP contribution in [0.25, 0.3) is 0 Å². The van der Waals surface area contributed by atoms with Crippen molar-refractivity contribution in [2.45, 2.75) is 103 Å². The van der Waals surface area contributed by atoms with Crippen molar-refractivity contribution < 1.29 is 22.7 Å². The Hall–Kier alpha value is -0.786. The molecule has 9 nitrogen and oxygen atoms in total. The molecule has 1 fully saturated rings. The van der Waals surface area contributed by atoms with Crippen molar-refractivity contribution >= 4 is 30.1 Å². The maximum atomic E-state index is 13.7. The normalized spacial score (nSPS) is 21.9. The van der Waals surface area contributed by atoms with Gasteiger partial charge < -0.3 is 23.8 Å². The van der Waals surface area contributed by atoms with Gasteiger partial charge in [-0.2, -0.15) is 4.98 Å². The largest absolute Gasteiger partial charge is 0.414 e. The summed E-state index contributed by atoms with van der Waals surface area (Å²) in [7, 11) is -0.582. The monoisotopic (exact) mass is 588 g/mol. The van der Waals surface area contributed by atoms with Gasteiger partial charge in [0, 0.05) is 12.0 Å². The highest BCUT2D eigenvalue weighted by Crippen LogP contribution is 2.52. The number of nitrogens with two attached hydrogens (primary N) is 1. The van der Waals surface area contributed by atoms with E-state index in [-0.39, 0.29) is 40.1 Å². The fraction of sp³-hybridized carbons (Fsp3) is 0.808. The van der Waals surface area contributed by atoms with Crippen LogP contribution in [0.15, 0.2) is 12.1 Å². The molecule has 1 aliphatic heterocycles. The maximum Gasteiger partial charge on any atom is 0.395 e. The zero-order valence-corrected chi connectivity index (χ0v) is 29.1. The molecule has 220 valence electrons. The number of nitrogen functional groups attached to an aromatic ring is 1. The number of rotatable bonds is 10. The Morgan fingerprint density at radius 2 is 1.53 bits per heavy atom. The highest BCUT2D eigenvalue weighted by molar-refractivity contribution is 7.54. The van der Waals surface area contributed by atoms with Gasteiger partial charge in [-0.3, -0.25) is 0 Å². The SMILES string of the molecule is CN(C)P(=O)(Oc1nc(N)ccc1[C@H]1C[C@H](O[Si](C)(C)C(C)(C)C)[C@@H](CO[Si](C)(C)C(C)(C)C)O1)N(C)C. The van der Waals surface area contributed by atoms with Gasteiger partial charge in [0.15, 0.2) is 16.6 Å². The molecular formula is C26H53N4O5PSi2. The first-order chi connectivity index (χ1) is 17.0. The number of anilines is 1. The summed E-state index contributed by atoms with van der Waals surface area (Å²) in [5.74, 6) is 0.510. The van der Waals surface area contributed by atoms with Gasteiger partial charge in [0.05, 0.1) is 18.8 Å². The molecule has 2 rings (SSSR count). The van der Waals surface area contributed by atoms with Crippen LogP contribution in [0.5, 0.6) is 5.88 Å². The molecule has 2 N–H and O–H groups in total. The molecule has 0 unspecified atom stereocenters. The maximum absolute atomic E-state index is 13.7. The molecule has 0 amide bonds. The Kier molecular flexibility index (Phi) is 10.2. The Morgan fingerprint density at radius 3 is 2.00 bits per heavy atom. The van der Waals surface area contributed by atoms with Crippen LogP contribution in [0.1, 0.15) is 59.6 Å². The summed E-state index contributed by atoms with van der Waals surface area (Å²) in [5, 5.41) is 0.138. The third-order valence-corrected chi connectivity index (χ3v) is 19.8. The molecule has 1 saturated heterocycles. The van der Waals surface area contributed by atoms with Crippen molar-refractivity contribution in [1.29, 1.82) is 0 Å². The van der Waals surface area contributed by atoms with Crippen molar-refractivity contribution in [2.24, 2.45) is 0 Å². The lowest BCUT2D eigenvalue weighted by Crippen LogP contribution is -2.48. The zero-order valence-electron chi connectivity index (χ0n) is 26.2. The van der Waals surface area contributed by atoms with E-state index in [4.69, 9.17) is 23.8 Å². The summed E-state index contributed by atoms with van der Waals surface area (Å²) in [5.41, 5.74) is 6.75. The lowest BCUT2D eigenvalue weighted by atomic mass is 10.1. The zero-order chi connectivity index (χ0) is 29.5. The van der Waals surface area contributed by atoms with Crippen LogP contribution in [0.2, 0.25) is 36.3 Å². The highest BCUT2D eigenvalue weighted by Gasteiger charge is 2.47. The minimum atomic E-state index is -3.36. The lowest BCUT2D eigenvalue weighted by molar-refractivity contribution is -0.0169. The van der Waals surface area contributed by atoms with Crippen molar-refractivity contribution in [1.82, 2.24) is 14.3 Å². The second-order valence-corrected chi connectivity index (χ2v) is 26.1. The summed E-state index contributed by atoms with van der Waals surface area (Å²) in [4.78, 5) is 4.44. The summed E-state index contributed by atoms with van der Waals surface area (Å²) in [6.07, 6.45) is -0.138. The van der Waals surface area contributed by atoms with Crippen LogP contribution in [0.3, 0.4) is 0 Å². The Balaban J connectivity index is 2.45. The van der Waals surface area contributed by atoms with Crippen molar-refractivity contribution in [3.05, 3.63) is 17.7 Å². The fourth-order valence-corrected chi connectivity index (χ4v) is 7.45. The summed E-state index contributed by atoms with van der Waals surface area (Å²) < 4.78 is 43.1. The van der Waals surface area contributed by atoms with Crippen molar-refractivity contribution in [2.75, 3.05) is 40.5 Å². The van der Waals surface area contributed by atoms with E-state index in [1.54, 1.807) is 43.6 Å². The third kappa shape index (κ3) is 7.48. The summed E-state index contributed by atoms with van der Waals surface area (Å²) >= 11 is 0. The van der Waals surface area contributed by atoms with Gasteiger partial charge in [-0.15, -0.1) is 0 Å². The second kappa shape index (κ2) is 11.6. The number of aromatic nitrogens is 1. The van der Waals surface area contributed by atoms with Crippen LogP contribution in [0.4, 0.5) is 5.82 Å². The van der Waals surface area contributed by atoms with Gasteiger partial charge in [-0.25, -0.2) is 13.9 Å². The lowest BCUT2D eigenvalue weighted by Gasteiger charge is -2.40. The molecule has 1 aromatic rings. The number of pyridine rings is 1. The van der Waals surface area contributed by atoms with E-state index < -0.39 is 24.3 Å². The van der Waals surface area contributed by atoms with Crippen LogP contribution in [-0.4, -0.2) is 78.0 Å². The van der Waals surface area contributed by atoms with Crippen molar-refractivity contribution in [3.63, 3.8) is 0 Å². The number of ether oxygens (including phenoxy) is 1. The molecule has 12 heteroatoms. The highest BCUT2D eigenvalue weighted by atomic mass is 31.2. The number of nitrogens with zero attached hydrogens (tertiary/aromatic N) is 3. The first-order valence-electron chi connectivity index (χ1n) is 13.4. The molecule has 0 aromatic carbocycles. The van der Waals surface area contributed by atoms with Gasteiger partial charge in [-0.05, 0) is 76.6 Å². The third-order valence-electron chi connectivity index (χ3n) is 8.34. The fourth-order valence-electron chi connectivity index (χ4n) is 3.67. The van der Waals surface area contributed by atoms with E-state index >= 15 is 0 Å². The molecule has 3 atom stereocenters. The smallest absolute Gasteiger partial charge is 0.395 e. The molecule has 0 radical (unpaired) electrons. The van der Waals surface area contributed by atoms with E-state index in [0.717, 1.165) is 0 Å². The van der Waals surface area contributed by atoms with E-state index in [1.165, 1.54) is 0 Å². The predicted octanol–water partition coefficient (Wildman–Crippen LogP) is 6.52. The number of hydrogen-bond acceptors (Lipinski definition) is 7. The molecule has 2 heterocycles. The first kappa shape index (κ1) is 33.4. The Morgan fingerprint density at radius 1 is 1.00 bits per heavy atom. The van der Waals surface area contributed by atoms with E-state index in [1.807, 2.05) is 6.07 Å². The van der Waals surface area contributed by atoms with Gasteiger partial charge in [0.1, 0.15) is 11.9 Å². The molecule has 1 aromatic heterocycles. The topological polar surface area (TPSA) is 99.4 Å². The van der Waals surface area contributed by atoms with Crippen LogP contribution in [-0.2, 0) is 18.2 Å². The number of hydrogen-bond donors (Lipinski definition) is 1. The first-order valence-corrected chi connectivity index (χ1v) is 20.8. The van der Waals surface area contributed by atoms with Gasteiger partial charge >= 0.3 is 7.67 Å².